The van der Waals surface area contributed by atoms with E-state index in [0.717, 1.165) is 6.07 Å². The van der Waals surface area contributed by atoms with Crippen LogP contribution in [0.4, 0.5) is 13.2 Å². The zero-order chi connectivity index (χ0) is 18.0. The van der Waals surface area contributed by atoms with Crippen molar-refractivity contribution in [2.45, 2.75) is 24.7 Å². The van der Waals surface area contributed by atoms with E-state index in [0.29, 0.717) is 26.3 Å². The number of morpholine rings is 1. The lowest BCUT2D eigenvalue weighted by molar-refractivity contribution is -0.141. The highest BCUT2D eigenvalue weighted by atomic mass is 19.4. The molecule has 2 aliphatic heterocycles. The van der Waals surface area contributed by atoms with Gasteiger partial charge in [0.05, 0.1) is 37.5 Å². The Morgan fingerprint density at radius 1 is 1.24 bits per heavy atom. The maximum absolute atomic E-state index is 13.3. The molecule has 2 fully saturated rings. The van der Waals surface area contributed by atoms with Gasteiger partial charge in [-0.3, -0.25) is 9.69 Å². The van der Waals surface area contributed by atoms with Crippen molar-refractivity contribution in [3.05, 3.63) is 35.4 Å². The van der Waals surface area contributed by atoms with Crippen molar-refractivity contribution < 1.29 is 27.8 Å². The summed E-state index contributed by atoms with van der Waals surface area (Å²) in [7, 11) is 0. The highest BCUT2D eigenvalue weighted by Gasteiger charge is 2.41. The van der Waals surface area contributed by atoms with Crippen LogP contribution in [0.2, 0.25) is 0 Å². The third-order valence-corrected chi connectivity index (χ3v) is 4.69. The number of amides is 1. The Morgan fingerprint density at radius 3 is 2.60 bits per heavy atom. The minimum atomic E-state index is -4.50. The van der Waals surface area contributed by atoms with Gasteiger partial charge in [0.25, 0.3) is 0 Å². The molecule has 25 heavy (non-hydrogen) atoms. The maximum Gasteiger partial charge on any atom is 0.416 e. The van der Waals surface area contributed by atoms with Crippen LogP contribution in [0.15, 0.2) is 24.3 Å². The largest absolute Gasteiger partial charge is 0.416 e. The van der Waals surface area contributed by atoms with Crippen LogP contribution < -0.4 is 0 Å². The first-order valence-electron chi connectivity index (χ1n) is 8.30. The minimum absolute atomic E-state index is 0.0434. The predicted molar refractivity (Wildman–Crippen MR) is 83.8 cm³/mol. The lowest BCUT2D eigenvalue weighted by Crippen LogP contribution is -2.45. The fraction of sp³-hybridized carbons (Fsp3) is 0.588. The summed E-state index contributed by atoms with van der Waals surface area (Å²) in [6.07, 6.45) is -5.20. The third kappa shape index (κ3) is 4.13. The molecule has 1 aromatic carbocycles. The number of hydrogen-bond acceptors (Lipinski definition) is 4. The number of aliphatic hydroxyl groups is 1. The van der Waals surface area contributed by atoms with Crippen LogP contribution in [-0.2, 0) is 15.7 Å². The first-order valence-corrected chi connectivity index (χ1v) is 8.30. The summed E-state index contributed by atoms with van der Waals surface area (Å²) >= 11 is 0. The average molecular weight is 358 g/mol. The molecule has 1 amide bonds. The van der Waals surface area contributed by atoms with Crippen LogP contribution in [0.1, 0.15) is 23.6 Å². The third-order valence-electron chi connectivity index (χ3n) is 4.69. The Hall–Kier alpha value is -1.64. The number of carbonyl (C=O) groups is 1. The molecule has 0 aliphatic carbocycles. The fourth-order valence-electron chi connectivity index (χ4n) is 3.47. The number of carbonyl (C=O) groups excluding carboxylic acids is 1. The van der Waals surface area contributed by atoms with Crippen LogP contribution >= 0.6 is 0 Å². The number of nitrogens with zero attached hydrogens (tertiary/aromatic N) is 2. The van der Waals surface area contributed by atoms with Crippen LogP contribution in [-0.4, -0.2) is 66.3 Å². The number of likely N-dealkylation sites (tertiary alicyclic amines) is 1. The monoisotopic (exact) mass is 358 g/mol. The highest BCUT2D eigenvalue weighted by molar-refractivity contribution is 5.79. The van der Waals surface area contributed by atoms with E-state index in [-0.39, 0.29) is 31.0 Å². The Labute approximate surface area is 144 Å². The van der Waals surface area contributed by atoms with E-state index in [1.807, 2.05) is 4.90 Å². The van der Waals surface area contributed by atoms with Crippen LogP contribution in [0.5, 0.6) is 0 Å². The molecule has 2 saturated heterocycles. The van der Waals surface area contributed by atoms with Crippen molar-refractivity contribution >= 4 is 5.91 Å². The second kappa shape index (κ2) is 7.31. The zero-order valence-electron chi connectivity index (χ0n) is 13.7. The van der Waals surface area contributed by atoms with Gasteiger partial charge in [-0.2, -0.15) is 13.2 Å². The van der Waals surface area contributed by atoms with E-state index in [4.69, 9.17) is 4.74 Å². The van der Waals surface area contributed by atoms with Gasteiger partial charge in [0.2, 0.25) is 5.91 Å². The molecule has 8 heteroatoms. The van der Waals surface area contributed by atoms with Crippen molar-refractivity contribution in [1.29, 1.82) is 0 Å². The quantitative estimate of drug-likeness (QED) is 0.893. The molecule has 1 aromatic rings. The zero-order valence-corrected chi connectivity index (χ0v) is 13.7. The van der Waals surface area contributed by atoms with E-state index in [2.05, 4.69) is 0 Å². The van der Waals surface area contributed by atoms with Gasteiger partial charge >= 0.3 is 6.18 Å². The Morgan fingerprint density at radius 2 is 1.92 bits per heavy atom. The molecule has 2 atom stereocenters. The van der Waals surface area contributed by atoms with Crippen molar-refractivity contribution in [2.24, 2.45) is 0 Å². The van der Waals surface area contributed by atoms with Gasteiger partial charge in [-0.1, -0.05) is 18.2 Å². The molecule has 3 rings (SSSR count). The topological polar surface area (TPSA) is 53.0 Å². The number of halogens is 3. The van der Waals surface area contributed by atoms with E-state index < -0.39 is 23.9 Å². The van der Waals surface area contributed by atoms with Gasteiger partial charge in [0.15, 0.2) is 0 Å². The number of benzene rings is 1. The first kappa shape index (κ1) is 18.2. The van der Waals surface area contributed by atoms with Crippen molar-refractivity contribution in [1.82, 2.24) is 9.80 Å². The van der Waals surface area contributed by atoms with E-state index >= 15 is 0 Å². The van der Waals surface area contributed by atoms with E-state index in [9.17, 15) is 23.1 Å². The molecule has 0 saturated carbocycles. The van der Waals surface area contributed by atoms with E-state index in [1.165, 1.54) is 23.1 Å². The second-order valence-electron chi connectivity index (χ2n) is 6.42. The van der Waals surface area contributed by atoms with Crippen molar-refractivity contribution in [2.75, 3.05) is 39.4 Å². The van der Waals surface area contributed by atoms with Gasteiger partial charge in [0, 0.05) is 19.6 Å². The minimum Gasteiger partial charge on any atom is -0.391 e. The molecular formula is C17H21F3N2O3. The molecule has 2 aliphatic rings. The Balaban J connectivity index is 1.81. The number of aliphatic hydroxyl groups excluding tert-OH is 1. The molecule has 5 nitrogen and oxygen atoms in total. The molecule has 1 N–H and O–H groups in total. The second-order valence-corrected chi connectivity index (χ2v) is 6.42. The number of rotatable bonds is 3. The van der Waals surface area contributed by atoms with Gasteiger partial charge in [-0.25, -0.2) is 0 Å². The molecule has 0 unspecified atom stereocenters. The molecule has 2 heterocycles. The van der Waals surface area contributed by atoms with Crippen LogP contribution in [0, 0.1) is 0 Å². The standard InChI is InChI=1S/C17H21F3N2O3/c18-17(19,20)14-4-2-1-3-13(14)15-9-12(23)10-22(15)16(24)11-21-5-7-25-8-6-21/h1-4,12,15,23H,5-11H2/t12-,15+/m0/s1. The lowest BCUT2D eigenvalue weighted by Gasteiger charge is -2.31. The molecule has 0 spiro atoms. The van der Waals surface area contributed by atoms with Gasteiger partial charge in [0.1, 0.15) is 0 Å². The number of ether oxygens (including phenoxy) is 1. The molecule has 138 valence electrons. The SMILES string of the molecule is O=C(CN1CCOCC1)N1C[C@@H](O)C[C@@H]1c1ccccc1C(F)(F)F. The van der Waals surface area contributed by atoms with E-state index in [1.54, 1.807) is 0 Å². The predicted octanol–water partition coefficient (Wildman–Crippen LogP) is 1.67. The number of hydrogen-bond donors (Lipinski definition) is 1. The van der Waals surface area contributed by atoms with Crippen LogP contribution in [0.25, 0.3) is 0 Å². The first-order chi connectivity index (χ1) is 11.9. The summed E-state index contributed by atoms with van der Waals surface area (Å²) in [5.74, 6) is -0.263. The smallest absolute Gasteiger partial charge is 0.391 e. The highest BCUT2D eigenvalue weighted by Crippen LogP contribution is 2.40. The normalized spacial score (nSPS) is 25.4. The van der Waals surface area contributed by atoms with Gasteiger partial charge in [-0.15, -0.1) is 0 Å². The summed E-state index contributed by atoms with van der Waals surface area (Å²) in [6.45, 7) is 2.49. The average Bonchev–Trinajstić information content (AvgIpc) is 2.97. The molecule has 0 bridgehead atoms. The Bertz CT molecular complexity index is 617. The van der Waals surface area contributed by atoms with Crippen LogP contribution in [0.3, 0.4) is 0 Å². The summed E-state index contributed by atoms with van der Waals surface area (Å²) < 4.78 is 45.2. The molecule has 0 aromatic heterocycles. The van der Waals surface area contributed by atoms with Gasteiger partial charge in [-0.05, 0) is 18.1 Å². The summed E-state index contributed by atoms with van der Waals surface area (Å²) in [5, 5.41) is 9.97. The number of β-amino-alcohol motifs (C(OH)–C–C–N with tert-alkyl or cyclic N) is 1. The summed E-state index contributed by atoms with van der Waals surface area (Å²) in [4.78, 5) is 16.0. The lowest BCUT2D eigenvalue weighted by atomic mass is 9.97. The summed E-state index contributed by atoms with van der Waals surface area (Å²) in [6, 6.07) is 4.50. The van der Waals surface area contributed by atoms with Crippen molar-refractivity contribution in [3.63, 3.8) is 0 Å². The van der Waals surface area contributed by atoms with Gasteiger partial charge < -0.3 is 14.7 Å². The summed E-state index contributed by atoms with van der Waals surface area (Å²) in [5.41, 5.74) is -0.708. The van der Waals surface area contributed by atoms with Crippen molar-refractivity contribution in [3.8, 4) is 0 Å². The fourth-order valence-corrected chi connectivity index (χ4v) is 3.47. The molecule has 0 radical (unpaired) electrons. The molecular weight excluding hydrogens is 337 g/mol. The maximum atomic E-state index is 13.3. The Kier molecular flexibility index (Phi) is 5.31. The number of alkyl halides is 3.